The van der Waals surface area contributed by atoms with Crippen LogP contribution in [0.25, 0.3) is 0 Å². The molecule has 0 aromatic heterocycles. The molecule has 1 aliphatic rings. The van der Waals surface area contributed by atoms with E-state index in [1.807, 2.05) is 0 Å². The van der Waals surface area contributed by atoms with E-state index < -0.39 is 33.6 Å². The third-order valence-corrected chi connectivity index (χ3v) is 7.74. The Kier molecular flexibility index (Phi) is 7.83. The molecule has 1 fully saturated rings. The third-order valence-electron chi connectivity index (χ3n) is 5.22. The van der Waals surface area contributed by atoms with Crippen molar-refractivity contribution in [2.75, 3.05) is 25.0 Å². The van der Waals surface area contributed by atoms with Crippen LogP contribution < -0.4 is 10.1 Å². The van der Waals surface area contributed by atoms with Gasteiger partial charge in [0.05, 0.1) is 32.8 Å². The maximum absolute atomic E-state index is 13.0. The number of halogens is 5. The van der Waals surface area contributed by atoms with Crippen LogP contribution in [-0.4, -0.2) is 38.3 Å². The van der Waals surface area contributed by atoms with Gasteiger partial charge in [-0.2, -0.15) is 17.5 Å². The molecule has 0 unspecified atom stereocenters. The Labute approximate surface area is 199 Å². The molecule has 2 aromatic rings. The first kappa shape index (κ1) is 25.6. The van der Waals surface area contributed by atoms with E-state index in [4.69, 9.17) is 27.9 Å². The number of benzene rings is 2. The number of alkyl halides is 3. The summed E-state index contributed by atoms with van der Waals surface area (Å²) in [7, 11) is -3.84. The fraction of sp³-hybridized carbons (Fsp3) is 0.381. The maximum Gasteiger partial charge on any atom is 0.416 e. The Morgan fingerprint density at radius 2 is 1.79 bits per heavy atom. The molecule has 1 saturated heterocycles. The molecule has 0 saturated carbocycles. The molecule has 6 nitrogen and oxygen atoms in total. The quantitative estimate of drug-likeness (QED) is 0.545. The van der Waals surface area contributed by atoms with Crippen molar-refractivity contribution in [1.29, 1.82) is 0 Å². The Morgan fingerprint density at radius 3 is 2.36 bits per heavy atom. The van der Waals surface area contributed by atoms with Crippen LogP contribution in [0.3, 0.4) is 0 Å². The molecule has 0 bridgehead atoms. The highest BCUT2D eigenvalue weighted by Crippen LogP contribution is 2.35. The number of nitrogens with zero attached hydrogens (tertiary/aromatic N) is 1. The average molecular weight is 525 g/mol. The van der Waals surface area contributed by atoms with Crippen molar-refractivity contribution in [3.8, 4) is 5.75 Å². The van der Waals surface area contributed by atoms with Gasteiger partial charge in [-0.1, -0.05) is 23.2 Å². The SMILES string of the molecule is CCOc1ccc(S(=O)(=O)N2CCC(C(=O)Nc3cc(C(F)(F)F)ccc3Cl)CC2)cc1Cl. The zero-order chi connectivity index (χ0) is 24.4. The Bertz CT molecular complexity index is 1130. The molecule has 0 atom stereocenters. The highest BCUT2D eigenvalue weighted by molar-refractivity contribution is 7.89. The van der Waals surface area contributed by atoms with Gasteiger partial charge in [0.2, 0.25) is 15.9 Å². The first-order valence-electron chi connectivity index (χ1n) is 10.0. The van der Waals surface area contributed by atoms with Gasteiger partial charge in [-0.05, 0) is 56.2 Å². The summed E-state index contributed by atoms with van der Waals surface area (Å²) in [6.07, 6.45) is -4.17. The number of carbonyl (C=O) groups excluding carboxylic acids is 1. The lowest BCUT2D eigenvalue weighted by molar-refractivity contribution is -0.137. The molecule has 2 aromatic carbocycles. The second kappa shape index (κ2) is 10.1. The van der Waals surface area contributed by atoms with Crippen molar-refractivity contribution >= 4 is 44.8 Å². The first-order chi connectivity index (χ1) is 15.4. The summed E-state index contributed by atoms with van der Waals surface area (Å²) in [5, 5.41) is 2.58. The van der Waals surface area contributed by atoms with Crippen molar-refractivity contribution in [1.82, 2.24) is 4.31 Å². The molecule has 0 spiro atoms. The minimum atomic E-state index is -4.58. The molecular formula is C21H21Cl2F3N2O4S. The highest BCUT2D eigenvalue weighted by atomic mass is 35.5. The maximum atomic E-state index is 13.0. The standard InChI is InChI=1S/C21H21Cl2F3N2O4S/c1-2-32-19-6-4-15(12-17(19)23)33(30,31)28-9-7-13(8-10-28)20(29)27-18-11-14(21(24,25)26)3-5-16(18)22/h3-6,11-13H,2,7-10H2,1H3,(H,27,29). The summed E-state index contributed by atoms with van der Waals surface area (Å²) in [4.78, 5) is 12.6. The Hall–Kier alpha value is -2.01. The van der Waals surface area contributed by atoms with E-state index in [0.29, 0.717) is 12.4 Å². The molecule has 180 valence electrons. The van der Waals surface area contributed by atoms with Gasteiger partial charge in [-0.25, -0.2) is 8.42 Å². The molecule has 12 heteroatoms. The van der Waals surface area contributed by atoms with Gasteiger partial charge in [0, 0.05) is 19.0 Å². The minimum Gasteiger partial charge on any atom is -0.492 e. The van der Waals surface area contributed by atoms with Crippen molar-refractivity contribution in [2.24, 2.45) is 5.92 Å². The van der Waals surface area contributed by atoms with Crippen LogP contribution in [0.1, 0.15) is 25.3 Å². The molecule has 1 N–H and O–H groups in total. The zero-order valence-corrected chi connectivity index (χ0v) is 19.8. The monoisotopic (exact) mass is 524 g/mol. The number of amides is 1. The Balaban J connectivity index is 1.66. The van der Waals surface area contributed by atoms with E-state index in [-0.39, 0.29) is 46.6 Å². The van der Waals surface area contributed by atoms with Gasteiger partial charge in [0.1, 0.15) is 5.75 Å². The van der Waals surface area contributed by atoms with Crippen molar-refractivity contribution in [2.45, 2.75) is 30.8 Å². The smallest absolute Gasteiger partial charge is 0.416 e. The zero-order valence-electron chi connectivity index (χ0n) is 17.5. The number of nitrogens with one attached hydrogen (secondary N) is 1. The van der Waals surface area contributed by atoms with E-state index in [1.165, 1.54) is 22.5 Å². The van der Waals surface area contributed by atoms with Crippen molar-refractivity contribution in [3.63, 3.8) is 0 Å². The first-order valence-corrected chi connectivity index (χ1v) is 12.2. The van der Waals surface area contributed by atoms with E-state index in [2.05, 4.69) is 5.32 Å². The highest BCUT2D eigenvalue weighted by Gasteiger charge is 2.34. The van der Waals surface area contributed by atoms with Crippen LogP contribution in [0.4, 0.5) is 18.9 Å². The van der Waals surface area contributed by atoms with Gasteiger partial charge >= 0.3 is 6.18 Å². The average Bonchev–Trinajstić information content (AvgIpc) is 2.76. The number of hydrogen-bond donors (Lipinski definition) is 1. The Morgan fingerprint density at radius 1 is 1.12 bits per heavy atom. The van der Waals surface area contributed by atoms with E-state index in [9.17, 15) is 26.4 Å². The number of piperidine rings is 1. The van der Waals surface area contributed by atoms with Crippen LogP contribution in [0.2, 0.25) is 10.0 Å². The van der Waals surface area contributed by atoms with Crippen molar-refractivity contribution in [3.05, 3.63) is 52.0 Å². The number of carbonyl (C=O) groups is 1. The fourth-order valence-electron chi connectivity index (χ4n) is 3.45. The van der Waals surface area contributed by atoms with Gasteiger partial charge in [-0.3, -0.25) is 4.79 Å². The predicted octanol–water partition coefficient (Wildman–Crippen LogP) is 5.45. The molecule has 0 radical (unpaired) electrons. The minimum absolute atomic E-state index is 0.00889. The van der Waals surface area contributed by atoms with Gasteiger partial charge < -0.3 is 10.1 Å². The molecule has 1 heterocycles. The second-order valence-electron chi connectivity index (χ2n) is 7.39. The number of rotatable bonds is 6. The molecule has 0 aliphatic carbocycles. The van der Waals surface area contributed by atoms with Crippen LogP contribution in [0.5, 0.6) is 5.75 Å². The number of ether oxygens (including phenoxy) is 1. The van der Waals surface area contributed by atoms with Gasteiger partial charge in [0.25, 0.3) is 0 Å². The lowest BCUT2D eigenvalue weighted by atomic mass is 9.97. The second-order valence-corrected chi connectivity index (χ2v) is 10.1. The molecule has 1 aliphatic heterocycles. The largest absolute Gasteiger partial charge is 0.492 e. The molecule has 1 amide bonds. The van der Waals surface area contributed by atoms with E-state index >= 15 is 0 Å². The molecular weight excluding hydrogens is 504 g/mol. The fourth-order valence-corrected chi connectivity index (χ4v) is 5.42. The van der Waals surface area contributed by atoms with Crippen molar-refractivity contribution < 1.29 is 31.1 Å². The van der Waals surface area contributed by atoms with Crippen LogP contribution in [-0.2, 0) is 21.0 Å². The summed E-state index contributed by atoms with van der Waals surface area (Å²) >= 11 is 12.0. The van der Waals surface area contributed by atoms with Crippen LogP contribution in [0.15, 0.2) is 41.3 Å². The summed E-state index contributed by atoms with van der Waals surface area (Å²) in [5.74, 6) is -0.717. The van der Waals surface area contributed by atoms with Crippen LogP contribution >= 0.6 is 23.2 Å². The van der Waals surface area contributed by atoms with E-state index in [0.717, 1.165) is 18.2 Å². The topological polar surface area (TPSA) is 75.7 Å². The number of sulfonamides is 1. The summed E-state index contributed by atoms with van der Waals surface area (Å²) in [6, 6.07) is 6.87. The number of anilines is 1. The third kappa shape index (κ3) is 5.92. The summed E-state index contributed by atoms with van der Waals surface area (Å²) in [6.45, 7) is 2.30. The van der Waals surface area contributed by atoms with Crippen LogP contribution in [0, 0.1) is 5.92 Å². The lowest BCUT2D eigenvalue weighted by Crippen LogP contribution is -2.41. The van der Waals surface area contributed by atoms with Gasteiger partial charge in [0.15, 0.2) is 0 Å². The molecule has 3 rings (SSSR count). The summed E-state index contributed by atoms with van der Waals surface area (Å²) < 4.78 is 71.3. The lowest BCUT2D eigenvalue weighted by Gasteiger charge is -2.30. The van der Waals surface area contributed by atoms with Gasteiger partial charge in [-0.15, -0.1) is 0 Å². The van der Waals surface area contributed by atoms with E-state index in [1.54, 1.807) is 6.92 Å². The normalized spacial score (nSPS) is 15.9. The number of hydrogen-bond acceptors (Lipinski definition) is 4. The summed E-state index contributed by atoms with van der Waals surface area (Å²) in [5.41, 5.74) is -1.08. The molecule has 33 heavy (non-hydrogen) atoms. The predicted molar refractivity (Wildman–Crippen MR) is 119 cm³/mol.